The van der Waals surface area contributed by atoms with Crippen molar-refractivity contribution in [3.63, 3.8) is 0 Å². The average Bonchev–Trinajstić information content (AvgIpc) is 3.43. The minimum absolute atomic E-state index is 0.0184. The van der Waals surface area contributed by atoms with Gasteiger partial charge in [-0.3, -0.25) is 24.6 Å². The lowest BCUT2D eigenvalue weighted by molar-refractivity contribution is -0.122. The summed E-state index contributed by atoms with van der Waals surface area (Å²) in [6.45, 7) is 2.17. The zero-order valence-electron chi connectivity index (χ0n) is 18.6. The highest BCUT2D eigenvalue weighted by atomic mass is 32.1. The first kappa shape index (κ1) is 21.6. The number of carbonyl (C=O) groups is 4. The van der Waals surface area contributed by atoms with E-state index in [0.29, 0.717) is 6.54 Å². The Morgan fingerprint density at radius 1 is 0.971 bits per heavy atom. The van der Waals surface area contributed by atoms with Crippen LogP contribution in [0.15, 0.2) is 42.0 Å². The van der Waals surface area contributed by atoms with Crippen molar-refractivity contribution in [3.05, 3.63) is 64.4 Å². The molecule has 5 amide bonds. The molecule has 6 rings (SSSR count). The lowest BCUT2D eigenvalue weighted by atomic mass is 10.0. The van der Waals surface area contributed by atoms with Crippen molar-refractivity contribution in [3.8, 4) is 0 Å². The van der Waals surface area contributed by atoms with Gasteiger partial charge in [0, 0.05) is 31.4 Å². The van der Waals surface area contributed by atoms with E-state index >= 15 is 0 Å². The molecule has 11 heteroatoms. The van der Waals surface area contributed by atoms with Crippen LogP contribution >= 0.6 is 11.3 Å². The Hall–Kier alpha value is -3.96. The summed E-state index contributed by atoms with van der Waals surface area (Å²) in [6, 6.07) is 6.49. The number of fused-ring (bicyclic) bond motifs is 2. The molecule has 176 valence electrons. The Balaban J connectivity index is 1.17. The number of aromatic nitrogens is 2. The summed E-state index contributed by atoms with van der Waals surface area (Å²) in [6.07, 6.45) is 4.67. The number of thiophene rings is 1. The maximum absolute atomic E-state index is 13.0. The molecule has 3 aliphatic heterocycles. The van der Waals surface area contributed by atoms with Crippen LogP contribution < -0.4 is 5.32 Å². The topological polar surface area (TPSA) is 116 Å². The highest BCUT2D eigenvalue weighted by Crippen LogP contribution is 2.30. The van der Waals surface area contributed by atoms with Crippen LogP contribution in [0.1, 0.15) is 44.8 Å². The summed E-state index contributed by atoms with van der Waals surface area (Å²) in [5.41, 5.74) is 3.63. The number of amides is 5. The Labute approximate surface area is 203 Å². The lowest BCUT2D eigenvalue weighted by Gasteiger charge is -2.32. The summed E-state index contributed by atoms with van der Waals surface area (Å²) in [5.74, 6) is -1.54. The molecule has 0 bridgehead atoms. The first-order valence-corrected chi connectivity index (χ1v) is 12.1. The Bertz CT molecular complexity index is 1450. The van der Waals surface area contributed by atoms with Crippen LogP contribution in [0, 0.1) is 0 Å². The maximum Gasteiger partial charge on any atom is 0.343 e. The van der Waals surface area contributed by atoms with Gasteiger partial charge in [-0.05, 0) is 41.1 Å². The van der Waals surface area contributed by atoms with Gasteiger partial charge in [-0.25, -0.2) is 19.8 Å². The molecule has 0 atom stereocenters. The van der Waals surface area contributed by atoms with E-state index in [-0.39, 0.29) is 24.1 Å². The molecule has 3 aliphatic rings. The highest BCUT2D eigenvalue weighted by Gasteiger charge is 2.43. The molecule has 0 aliphatic carbocycles. The lowest BCUT2D eigenvalue weighted by Crippen LogP contribution is -2.58. The van der Waals surface area contributed by atoms with E-state index in [1.165, 1.54) is 5.57 Å². The molecule has 1 saturated heterocycles. The molecule has 1 aromatic carbocycles. The smallest absolute Gasteiger partial charge is 0.295 e. The van der Waals surface area contributed by atoms with Crippen LogP contribution in [0.3, 0.4) is 0 Å². The fourth-order valence-corrected chi connectivity index (χ4v) is 5.45. The summed E-state index contributed by atoms with van der Waals surface area (Å²) in [4.78, 5) is 61.6. The van der Waals surface area contributed by atoms with E-state index in [0.717, 1.165) is 51.0 Å². The van der Waals surface area contributed by atoms with E-state index < -0.39 is 23.8 Å². The second-order valence-electron chi connectivity index (χ2n) is 8.60. The number of nitrogens with one attached hydrogen (secondary N) is 1. The maximum atomic E-state index is 13.0. The van der Waals surface area contributed by atoms with Gasteiger partial charge >= 0.3 is 6.03 Å². The summed E-state index contributed by atoms with van der Waals surface area (Å²) in [5, 5.41) is 7.08. The predicted octanol–water partition coefficient (Wildman–Crippen LogP) is 2.43. The number of hydrogen-bond acceptors (Lipinski definition) is 8. The second-order valence-corrected chi connectivity index (χ2v) is 9.50. The van der Waals surface area contributed by atoms with E-state index in [4.69, 9.17) is 0 Å². The third-order valence-corrected chi connectivity index (χ3v) is 7.29. The van der Waals surface area contributed by atoms with E-state index in [2.05, 4.69) is 32.3 Å². The van der Waals surface area contributed by atoms with Crippen LogP contribution in [0.25, 0.3) is 15.8 Å². The van der Waals surface area contributed by atoms with Crippen molar-refractivity contribution in [2.75, 3.05) is 19.6 Å². The zero-order chi connectivity index (χ0) is 24.1. The van der Waals surface area contributed by atoms with Gasteiger partial charge in [-0.2, -0.15) is 5.01 Å². The molecular formula is C24H20N6O4S. The van der Waals surface area contributed by atoms with Crippen LogP contribution in [-0.4, -0.2) is 68.3 Å². The van der Waals surface area contributed by atoms with Gasteiger partial charge in [-0.1, -0.05) is 12.1 Å². The summed E-state index contributed by atoms with van der Waals surface area (Å²) >= 11 is 1.60. The van der Waals surface area contributed by atoms with Crippen molar-refractivity contribution < 1.29 is 19.2 Å². The Kier molecular flexibility index (Phi) is 5.15. The average molecular weight is 489 g/mol. The molecule has 2 aromatic heterocycles. The van der Waals surface area contributed by atoms with Gasteiger partial charge < -0.3 is 0 Å². The molecule has 5 heterocycles. The molecule has 0 unspecified atom stereocenters. The minimum atomic E-state index is -0.768. The van der Waals surface area contributed by atoms with Gasteiger partial charge in [0.2, 0.25) is 5.91 Å². The minimum Gasteiger partial charge on any atom is -0.295 e. The number of rotatable bonds is 4. The van der Waals surface area contributed by atoms with Gasteiger partial charge in [-0.15, -0.1) is 11.3 Å². The monoisotopic (exact) mass is 488 g/mol. The van der Waals surface area contributed by atoms with Gasteiger partial charge in [0.25, 0.3) is 11.8 Å². The van der Waals surface area contributed by atoms with Crippen LogP contribution in [0.4, 0.5) is 4.79 Å². The molecule has 35 heavy (non-hydrogen) atoms. The Morgan fingerprint density at radius 2 is 1.83 bits per heavy atom. The van der Waals surface area contributed by atoms with Crippen LogP contribution in [0.2, 0.25) is 0 Å². The SMILES string of the molecule is O=C1CCN(N2C(=O)c3ccc(CN4CC=C(c5ncnc6sccc56)CC4)cc3C2=O)C(=O)N1. The number of urea groups is 1. The van der Waals surface area contributed by atoms with E-state index in [9.17, 15) is 19.2 Å². The molecule has 0 saturated carbocycles. The molecule has 0 radical (unpaired) electrons. The summed E-state index contributed by atoms with van der Waals surface area (Å²) < 4.78 is 0. The largest absolute Gasteiger partial charge is 0.343 e. The third-order valence-electron chi connectivity index (χ3n) is 6.47. The van der Waals surface area contributed by atoms with Gasteiger partial charge in [0.05, 0.1) is 23.4 Å². The molecule has 1 N–H and O–H groups in total. The number of imide groups is 2. The molecule has 10 nitrogen and oxygen atoms in total. The molecule has 0 spiro atoms. The number of benzene rings is 1. The second kappa shape index (κ2) is 8.36. The quantitative estimate of drug-likeness (QED) is 0.561. The standard InChI is InChI=1S/C24H20N6O4S/c31-19-5-9-29(24(34)27-19)30-22(32)16-2-1-14(11-18(16)23(30)33)12-28-7-3-15(4-8-28)20-17-6-10-35-21(17)26-13-25-20/h1-3,6,10-11,13H,4-5,7-9,12H2,(H,27,31,34). The third kappa shape index (κ3) is 3.69. The normalized spacial score (nSPS) is 18.8. The number of hydrogen-bond donors (Lipinski definition) is 1. The zero-order valence-corrected chi connectivity index (χ0v) is 19.4. The van der Waals surface area contributed by atoms with Crippen molar-refractivity contribution >= 4 is 50.9 Å². The number of nitrogens with zero attached hydrogens (tertiary/aromatic N) is 5. The van der Waals surface area contributed by atoms with Crippen molar-refractivity contribution in [2.45, 2.75) is 19.4 Å². The first-order chi connectivity index (χ1) is 17.0. The fourth-order valence-electron chi connectivity index (χ4n) is 4.71. The van der Waals surface area contributed by atoms with Crippen molar-refractivity contribution in [1.29, 1.82) is 0 Å². The van der Waals surface area contributed by atoms with Crippen molar-refractivity contribution in [1.82, 2.24) is 30.2 Å². The molecule has 3 aromatic rings. The highest BCUT2D eigenvalue weighted by molar-refractivity contribution is 7.16. The van der Waals surface area contributed by atoms with Gasteiger partial charge in [0.15, 0.2) is 0 Å². The number of hydrazine groups is 1. The van der Waals surface area contributed by atoms with Gasteiger partial charge in [0.1, 0.15) is 11.2 Å². The summed E-state index contributed by atoms with van der Waals surface area (Å²) in [7, 11) is 0. The number of carbonyl (C=O) groups excluding carboxylic acids is 4. The first-order valence-electron chi connectivity index (χ1n) is 11.2. The predicted molar refractivity (Wildman–Crippen MR) is 127 cm³/mol. The Morgan fingerprint density at radius 3 is 2.63 bits per heavy atom. The van der Waals surface area contributed by atoms with Crippen molar-refractivity contribution in [2.24, 2.45) is 0 Å². The molecular weight excluding hydrogens is 468 g/mol. The van der Waals surface area contributed by atoms with E-state index in [1.54, 1.807) is 29.8 Å². The van der Waals surface area contributed by atoms with Crippen LogP contribution in [0.5, 0.6) is 0 Å². The van der Waals surface area contributed by atoms with Crippen LogP contribution in [-0.2, 0) is 11.3 Å². The van der Waals surface area contributed by atoms with E-state index in [1.807, 2.05) is 11.4 Å². The molecule has 1 fully saturated rings. The fraction of sp³-hybridized carbons (Fsp3) is 0.250.